The van der Waals surface area contributed by atoms with Crippen molar-refractivity contribution in [2.45, 2.75) is 50.6 Å². The van der Waals surface area contributed by atoms with E-state index < -0.39 is 17.8 Å². The first kappa shape index (κ1) is 16.3. The van der Waals surface area contributed by atoms with Gasteiger partial charge in [-0.2, -0.15) is 0 Å². The number of allylic oxidation sites excluding steroid dienone is 1. The average molecular weight is 320 g/mol. The highest BCUT2D eigenvalue weighted by molar-refractivity contribution is 5.42. The second-order valence-corrected chi connectivity index (χ2v) is 6.82. The molecule has 0 radical (unpaired) electrons. The van der Waals surface area contributed by atoms with Gasteiger partial charge in [-0.05, 0) is 43.5 Å². The number of phenols is 1. The summed E-state index contributed by atoms with van der Waals surface area (Å²) in [4.78, 5) is 0. The van der Waals surface area contributed by atoms with Gasteiger partial charge in [-0.1, -0.05) is 12.1 Å². The highest BCUT2D eigenvalue weighted by Gasteiger charge is 2.49. The molecular formula is C18H24O5. The van der Waals surface area contributed by atoms with Gasteiger partial charge in [-0.15, -0.1) is 0 Å². The van der Waals surface area contributed by atoms with Crippen LogP contribution in [0.1, 0.15) is 38.4 Å². The van der Waals surface area contributed by atoms with Gasteiger partial charge in [0.25, 0.3) is 0 Å². The molecule has 1 aliphatic heterocycles. The Morgan fingerprint density at radius 3 is 2.74 bits per heavy atom. The number of aromatic hydroxyl groups is 1. The molecule has 0 spiro atoms. The molecule has 23 heavy (non-hydrogen) atoms. The maximum absolute atomic E-state index is 10.9. The lowest BCUT2D eigenvalue weighted by atomic mass is 9.70. The molecule has 5 atom stereocenters. The van der Waals surface area contributed by atoms with E-state index in [1.165, 1.54) is 7.11 Å². The highest BCUT2D eigenvalue weighted by Crippen LogP contribution is 2.47. The Morgan fingerprint density at radius 2 is 2.09 bits per heavy atom. The molecule has 0 bridgehead atoms. The lowest BCUT2D eigenvalue weighted by Gasteiger charge is -2.49. The predicted molar refractivity (Wildman–Crippen MR) is 85.4 cm³/mol. The van der Waals surface area contributed by atoms with Gasteiger partial charge in [0.1, 0.15) is 6.10 Å². The second-order valence-electron chi connectivity index (χ2n) is 6.82. The summed E-state index contributed by atoms with van der Waals surface area (Å²) < 4.78 is 11.2. The maximum Gasteiger partial charge on any atom is 0.160 e. The number of phenolic OH excluding ortho intramolecular Hbond substituents is 1. The molecule has 0 saturated carbocycles. The van der Waals surface area contributed by atoms with Crippen LogP contribution in [0.4, 0.5) is 0 Å². The monoisotopic (exact) mass is 320 g/mol. The van der Waals surface area contributed by atoms with E-state index in [1.54, 1.807) is 19.1 Å². The van der Waals surface area contributed by atoms with Crippen molar-refractivity contribution >= 4 is 0 Å². The molecule has 1 aliphatic carbocycles. The fraction of sp³-hybridized carbons (Fsp3) is 0.556. The van der Waals surface area contributed by atoms with E-state index in [9.17, 15) is 15.3 Å². The fourth-order valence-electron chi connectivity index (χ4n) is 3.69. The molecule has 1 heterocycles. The minimum atomic E-state index is -0.943. The zero-order valence-corrected chi connectivity index (χ0v) is 13.7. The van der Waals surface area contributed by atoms with Crippen molar-refractivity contribution in [3.63, 3.8) is 0 Å². The normalized spacial score (nSPS) is 37.0. The second kappa shape index (κ2) is 5.82. The van der Waals surface area contributed by atoms with Gasteiger partial charge in [-0.3, -0.25) is 0 Å². The first-order valence-electron chi connectivity index (χ1n) is 7.93. The summed E-state index contributed by atoms with van der Waals surface area (Å²) in [6.45, 7) is 3.67. The Hall–Kier alpha value is -1.56. The summed E-state index contributed by atoms with van der Waals surface area (Å²) in [5, 5.41) is 31.3. The number of fused-ring (bicyclic) bond motifs is 1. The lowest BCUT2D eigenvalue weighted by Crippen LogP contribution is -2.55. The third kappa shape index (κ3) is 2.84. The van der Waals surface area contributed by atoms with Gasteiger partial charge in [0.05, 0.1) is 24.9 Å². The van der Waals surface area contributed by atoms with Crippen LogP contribution in [0.25, 0.3) is 0 Å². The third-order valence-corrected chi connectivity index (χ3v) is 5.16. The standard InChI is InChI=1S/C18H24O5/c1-10-4-6-12-17(16(10)20)23-15(9-18(12,2)21)11-5-7-14(22-3)13(19)8-11/h4-5,7-8,12,15-17,19-21H,6,9H2,1-3H3/t12-,15+,16-,17-,18+/m1/s1. The molecular weight excluding hydrogens is 296 g/mol. The lowest BCUT2D eigenvalue weighted by molar-refractivity contribution is -0.206. The predicted octanol–water partition coefficient (Wildman–Crippen LogP) is 2.31. The average Bonchev–Trinajstić information content (AvgIpc) is 2.50. The van der Waals surface area contributed by atoms with E-state index in [0.29, 0.717) is 18.6 Å². The van der Waals surface area contributed by atoms with Gasteiger partial charge < -0.3 is 24.8 Å². The Balaban J connectivity index is 1.91. The Kier molecular flexibility index (Phi) is 4.12. The van der Waals surface area contributed by atoms with Crippen LogP contribution in [0.5, 0.6) is 11.5 Å². The SMILES string of the molecule is COc1ccc([C@@H]2C[C@](C)(O)[C@@H]3CC=C(C)[C@@H](O)[C@@H]3O2)cc1O. The molecule has 5 heteroatoms. The zero-order valence-electron chi connectivity index (χ0n) is 13.7. The van der Waals surface area contributed by atoms with Crippen molar-refractivity contribution < 1.29 is 24.8 Å². The molecule has 0 amide bonds. The number of hydrogen-bond acceptors (Lipinski definition) is 5. The minimum absolute atomic E-state index is 0.0376. The van der Waals surface area contributed by atoms with Crippen LogP contribution in [0, 0.1) is 5.92 Å². The van der Waals surface area contributed by atoms with E-state index >= 15 is 0 Å². The molecule has 1 fully saturated rings. The van der Waals surface area contributed by atoms with Crippen LogP contribution in [0.2, 0.25) is 0 Å². The Labute approximate surface area is 136 Å². The molecule has 1 aromatic rings. The molecule has 2 aliphatic rings. The summed E-state index contributed by atoms with van der Waals surface area (Å²) in [5.74, 6) is 0.297. The van der Waals surface area contributed by atoms with Crippen molar-refractivity contribution in [1.29, 1.82) is 0 Å². The topological polar surface area (TPSA) is 79.2 Å². The Morgan fingerprint density at radius 1 is 1.35 bits per heavy atom. The molecule has 3 rings (SSSR count). The summed E-state index contributed by atoms with van der Waals surface area (Å²) in [5.41, 5.74) is 0.697. The summed E-state index contributed by atoms with van der Waals surface area (Å²) in [7, 11) is 1.49. The van der Waals surface area contributed by atoms with Gasteiger partial charge >= 0.3 is 0 Å². The number of rotatable bonds is 2. The van der Waals surface area contributed by atoms with E-state index in [0.717, 1.165) is 11.1 Å². The van der Waals surface area contributed by atoms with Crippen LogP contribution >= 0.6 is 0 Å². The quantitative estimate of drug-likeness (QED) is 0.729. The first-order chi connectivity index (χ1) is 10.8. The van der Waals surface area contributed by atoms with E-state index in [1.807, 2.05) is 19.1 Å². The van der Waals surface area contributed by atoms with Crippen LogP contribution in [-0.2, 0) is 4.74 Å². The number of methoxy groups -OCH3 is 1. The fourth-order valence-corrected chi connectivity index (χ4v) is 3.69. The Bertz CT molecular complexity index is 622. The van der Waals surface area contributed by atoms with Gasteiger partial charge in [-0.25, -0.2) is 0 Å². The van der Waals surface area contributed by atoms with Gasteiger partial charge in [0, 0.05) is 12.3 Å². The van der Waals surface area contributed by atoms with Crippen molar-refractivity contribution in [1.82, 2.24) is 0 Å². The summed E-state index contributed by atoms with van der Waals surface area (Å²) in [6.07, 6.45) is 1.54. The third-order valence-electron chi connectivity index (χ3n) is 5.16. The summed E-state index contributed by atoms with van der Waals surface area (Å²) >= 11 is 0. The van der Waals surface area contributed by atoms with Crippen LogP contribution < -0.4 is 4.74 Å². The van der Waals surface area contributed by atoms with Crippen molar-refractivity contribution in [3.05, 3.63) is 35.4 Å². The molecule has 1 aromatic carbocycles. The van der Waals surface area contributed by atoms with Crippen LogP contribution in [-0.4, -0.2) is 40.2 Å². The van der Waals surface area contributed by atoms with Crippen molar-refractivity contribution in [3.8, 4) is 11.5 Å². The van der Waals surface area contributed by atoms with Crippen molar-refractivity contribution in [2.75, 3.05) is 7.11 Å². The summed E-state index contributed by atoms with van der Waals surface area (Å²) in [6, 6.07) is 5.09. The number of benzene rings is 1. The maximum atomic E-state index is 10.9. The number of hydrogen-bond donors (Lipinski definition) is 3. The molecule has 0 unspecified atom stereocenters. The largest absolute Gasteiger partial charge is 0.504 e. The highest BCUT2D eigenvalue weighted by atomic mass is 16.5. The molecule has 3 N–H and O–H groups in total. The number of ether oxygens (including phenoxy) is 2. The van der Waals surface area contributed by atoms with Crippen molar-refractivity contribution in [2.24, 2.45) is 5.92 Å². The van der Waals surface area contributed by atoms with E-state index in [4.69, 9.17) is 9.47 Å². The van der Waals surface area contributed by atoms with Gasteiger partial charge in [0.15, 0.2) is 11.5 Å². The number of aliphatic hydroxyl groups excluding tert-OH is 1. The van der Waals surface area contributed by atoms with Crippen LogP contribution in [0.3, 0.4) is 0 Å². The van der Waals surface area contributed by atoms with E-state index in [2.05, 4.69) is 0 Å². The molecule has 5 nitrogen and oxygen atoms in total. The molecule has 1 saturated heterocycles. The minimum Gasteiger partial charge on any atom is -0.504 e. The molecule has 0 aromatic heterocycles. The van der Waals surface area contributed by atoms with Gasteiger partial charge in [0.2, 0.25) is 0 Å². The van der Waals surface area contributed by atoms with Crippen LogP contribution in [0.15, 0.2) is 29.8 Å². The smallest absolute Gasteiger partial charge is 0.160 e. The van der Waals surface area contributed by atoms with E-state index in [-0.39, 0.29) is 17.8 Å². The molecule has 126 valence electrons. The number of aliphatic hydroxyl groups is 2. The first-order valence-corrected chi connectivity index (χ1v) is 7.93. The zero-order chi connectivity index (χ0) is 16.8.